The van der Waals surface area contributed by atoms with Crippen molar-refractivity contribution in [3.8, 4) is 0 Å². The van der Waals surface area contributed by atoms with Crippen molar-refractivity contribution >= 4 is 11.3 Å². The van der Waals surface area contributed by atoms with E-state index in [4.69, 9.17) is 0 Å². The van der Waals surface area contributed by atoms with E-state index in [1.165, 1.54) is 0 Å². The second kappa shape index (κ2) is 5.25. The van der Waals surface area contributed by atoms with Crippen LogP contribution in [0.1, 0.15) is 31.0 Å². The zero-order valence-electron chi connectivity index (χ0n) is 10.8. The van der Waals surface area contributed by atoms with Crippen molar-refractivity contribution in [2.45, 2.75) is 45.3 Å². The molecule has 0 amide bonds. The van der Waals surface area contributed by atoms with Gasteiger partial charge in [0.05, 0.1) is 11.1 Å². The van der Waals surface area contributed by atoms with Gasteiger partial charge in [-0.1, -0.05) is 6.92 Å². The van der Waals surface area contributed by atoms with Gasteiger partial charge in [0.15, 0.2) is 0 Å². The Morgan fingerprint density at radius 1 is 1.56 bits per heavy atom. The summed E-state index contributed by atoms with van der Waals surface area (Å²) in [7, 11) is 4.03. The number of hydrogen-bond acceptors (Lipinski definition) is 4. The maximum Gasteiger partial charge on any atom is 0.0954 e. The van der Waals surface area contributed by atoms with Gasteiger partial charge in [0.2, 0.25) is 0 Å². The standard InChI is InChI=1S/C12H22N2OS/c1-6-12(3,14(4)5)10(15)7-11-13-9(2)8-16-11/h8,10,15H,6-7H2,1-5H3. The SMILES string of the molecule is CCC(C)(C(O)Cc1nc(C)cs1)N(C)C. The summed E-state index contributed by atoms with van der Waals surface area (Å²) >= 11 is 1.63. The van der Waals surface area contributed by atoms with Crippen molar-refractivity contribution in [1.82, 2.24) is 9.88 Å². The summed E-state index contributed by atoms with van der Waals surface area (Å²) in [6, 6.07) is 0. The van der Waals surface area contributed by atoms with Crippen molar-refractivity contribution in [2.24, 2.45) is 0 Å². The van der Waals surface area contributed by atoms with Crippen LogP contribution in [0, 0.1) is 6.92 Å². The molecule has 2 unspecified atom stereocenters. The highest BCUT2D eigenvalue weighted by Gasteiger charge is 2.33. The quantitative estimate of drug-likeness (QED) is 0.859. The van der Waals surface area contributed by atoms with E-state index in [9.17, 15) is 5.11 Å². The van der Waals surface area contributed by atoms with Crippen LogP contribution in [0.3, 0.4) is 0 Å². The van der Waals surface area contributed by atoms with Crippen LogP contribution in [0.2, 0.25) is 0 Å². The van der Waals surface area contributed by atoms with Gasteiger partial charge in [0, 0.05) is 23.0 Å². The fourth-order valence-corrected chi connectivity index (χ4v) is 2.54. The lowest BCUT2D eigenvalue weighted by molar-refractivity contribution is 0.00298. The molecule has 1 rings (SSSR count). The number of rotatable bonds is 5. The molecule has 2 atom stereocenters. The average molecular weight is 242 g/mol. The van der Waals surface area contributed by atoms with E-state index >= 15 is 0 Å². The summed E-state index contributed by atoms with van der Waals surface area (Å²) in [6.07, 6.45) is 1.19. The smallest absolute Gasteiger partial charge is 0.0954 e. The molecule has 0 aliphatic heterocycles. The van der Waals surface area contributed by atoms with Crippen molar-refractivity contribution in [3.63, 3.8) is 0 Å². The first-order valence-electron chi connectivity index (χ1n) is 5.66. The van der Waals surface area contributed by atoms with Gasteiger partial charge in [-0.3, -0.25) is 0 Å². The number of aromatic nitrogens is 1. The molecule has 0 bridgehead atoms. The fourth-order valence-electron chi connectivity index (χ4n) is 1.73. The van der Waals surface area contributed by atoms with Crippen LogP contribution < -0.4 is 0 Å². The summed E-state index contributed by atoms with van der Waals surface area (Å²) in [4.78, 5) is 6.49. The van der Waals surface area contributed by atoms with Crippen LogP contribution in [-0.4, -0.2) is 40.7 Å². The highest BCUT2D eigenvalue weighted by molar-refractivity contribution is 7.09. The molecule has 0 radical (unpaired) electrons. The van der Waals surface area contributed by atoms with Crippen LogP contribution in [-0.2, 0) is 6.42 Å². The molecule has 3 nitrogen and oxygen atoms in total. The zero-order valence-corrected chi connectivity index (χ0v) is 11.6. The Labute approximate surface area is 102 Å². The molecule has 1 aromatic rings. The second-order valence-electron chi connectivity index (χ2n) is 4.71. The third kappa shape index (κ3) is 2.81. The predicted molar refractivity (Wildman–Crippen MR) is 68.9 cm³/mol. The maximum absolute atomic E-state index is 10.3. The molecule has 0 saturated carbocycles. The predicted octanol–water partition coefficient (Wildman–Crippen LogP) is 2.09. The first kappa shape index (κ1) is 13.6. The zero-order chi connectivity index (χ0) is 12.3. The first-order chi connectivity index (χ1) is 7.40. The molecule has 1 N–H and O–H groups in total. The second-order valence-corrected chi connectivity index (χ2v) is 5.65. The molecule has 0 aliphatic carbocycles. The topological polar surface area (TPSA) is 36.4 Å². The molecule has 1 aromatic heterocycles. The van der Waals surface area contributed by atoms with Crippen LogP contribution in [0.5, 0.6) is 0 Å². The number of aryl methyl sites for hydroxylation is 1. The van der Waals surface area contributed by atoms with Gasteiger partial charge in [0.25, 0.3) is 0 Å². The third-order valence-electron chi connectivity index (χ3n) is 3.49. The molecule has 0 fully saturated rings. The summed E-state index contributed by atoms with van der Waals surface area (Å²) < 4.78 is 0. The first-order valence-corrected chi connectivity index (χ1v) is 6.54. The average Bonchev–Trinajstić information content (AvgIpc) is 2.62. The normalized spacial score (nSPS) is 17.4. The Bertz CT molecular complexity index is 338. The van der Waals surface area contributed by atoms with E-state index in [1.807, 2.05) is 26.4 Å². The minimum atomic E-state index is -0.377. The highest BCUT2D eigenvalue weighted by atomic mass is 32.1. The third-order valence-corrected chi connectivity index (χ3v) is 4.48. The molecule has 0 aliphatic rings. The lowest BCUT2D eigenvalue weighted by atomic mass is 9.88. The van der Waals surface area contributed by atoms with Gasteiger partial charge in [-0.2, -0.15) is 0 Å². The summed E-state index contributed by atoms with van der Waals surface area (Å²) in [5.41, 5.74) is 0.856. The number of likely N-dealkylation sites (N-methyl/N-ethyl adjacent to an activating group) is 1. The van der Waals surface area contributed by atoms with E-state index in [-0.39, 0.29) is 11.6 Å². The van der Waals surface area contributed by atoms with Crippen molar-refractivity contribution in [1.29, 1.82) is 0 Å². The molecule has 0 aromatic carbocycles. The fraction of sp³-hybridized carbons (Fsp3) is 0.750. The number of aliphatic hydroxyl groups is 1. The Balaban J connectivity index is 2.73. The van der Waals surface area contributed by atoms with E-state index in [2.05, 4.69) is 23.7 Å². The van der Waals surface area contributed by atoms with E-state index in [1.54, 1.807) is 11.3 Å². The van der Waals surface area contributed by atoms with Crippen LogP contribution in [0.25, 0.3) is 0 Å². The molecule has 0 saturated heterocycles. The highest BCUT2D eigenvalue weighted by Crippen LogP contribution is 2.24. The lowest BCUT2D eigenvalue weighted by Gasteiger charge is -2.39. The van der Waals surface area contributed by atoms with Crippen LogP contribution in [0.15, 0.2) is 5.38 Å². The monoisotopic (exact) mass is 242 g/mol. The van der Waals surface area contributed by atoms with Gasteiger partial charge in [-0.25, -0.2) is 4.98 Å². The largest absolute Gasteiger partial charge is 0.391 e. The molecule has 92 valence electrons. The van der Waals surface area contributed by atoms with Gasteiger partial charge in [0.1, 0.15) is 0 Å². The number of thiazole rings is 1. The lowest BCUT2D eigenvalue weighted by Crippen LogP contribution is -2.51. The molecular formula is C12H22N2OS. The molecule has 16 heavy (non-hydrogen) atoms. The van der Waals surface area contributed by atoms with E-state index in [0.717, 1.165) is 17.1 Å². The Morgan fingerprint density at radius 2 is 2.19 bits per heavy atom. The minimum absolute atomic E-state index is 0.181. The van der Waals surface area contributed by atoms with E-state index in [0.29, 0.717) is 6.42 Å². The van der Waals surface area contributed by atoms with Gasteiger partial charge < -0.3 is 10.0 Å². The summed E-state index contributed by atoms with van der Waals surface area (Å²) in [5, 5.41) is 13.4. The maximum atomic E-state index is 10.3. The Hall–Kier alpha value is -0.450. The van der Waals surface area contributed by atoms with Gasteiger partial charge in [-0.05, 0) is 34.4 Å². The molecule has 1 heterocycles. The number of hydrogen-bond donors (Lipinski definition) is 1. The van der Waals surface area contributed by atoms with Crippen molar-refractivity contribution in [3.05, 3.63) is 16.1 Å². The minimum Gasteiger partial charge on any atom is -0.391 e. The number of aliphatic hydroxyl groups excluding tert-OH is 1. The Morgan fingerprint density at radius 3 is 2.56 bits per heavy atom. The van der Waals surface area contributed by atoms with E-state index < -0.39 is 0 Å². The molecule has 4 heteroatoms. The summed E-state index contributed by atoms with van der Waals surface area (Å²) in [5.74, 6) is 0. The van der Waals surface area contributed by atoms with Crippen molar-refractivity contribution < 1.29 is 5.11 Å². The van der Waals surface area contributed by atoms with Crippen LogP contribution in [0.4, 0.5) is 0 Å². The van der Waals surface area contributed by atoms with Gasteiger partial charge >= 0.3 is 0 Å². The molecular weight excluding hydrogens is 220 g/mol. The van der Waals surface area contributed by atoms with Crippen molar-refractivity contribution in [2.75, 3.05) is 14.1 Å². The van der Waals surface area contributed by atoms with Gasteiger partial charge in [-0.15, -0.1) is 11.3 Å². The molecule has 0 spiro atoms. The Kier molecular flexibility index (Phi) is 4.47. The number of nitrogens with zero attached hydrogens (tertiary/aromatic N) is 2. The van der Waals surface area contributed by atoms with Crippen LogP contribution >= 0.6 is 11.3 Å². The summed E-state index contributed by atoms with van der Waals surface area (Å²) in [6.45, 7) is 6.19.